The minimum atomic E-state index is -0.306. The summed E-state index contributed by atoms with van der Waals surface area (Å²) in [6, 6.07) is 6.07. The van der Waals surface area contributed by atoms with E-state index in [1.165, 1.54) is 5.56 Å². The van der Waals surface area contributed by atoms with E-state index in [0.29, 0.717) is 17.3 Å². The van der Waals surface area contributed by atoms with Crippen molar-refractivity contribution >= 4 is 23.4 Å². The molecule has 1 aromatic heterocycles. The first-order valence-electron chi connectivity index (χ1n) is 11.0. The lowest BCUT2D eigenvalue weighted by molar-refractivity contribution is -0.121. The van der Waals surface area contributed by atoms with Crippen molar-refractivity contribution in [2.75, 3.05) is 11.9 Å². The van der Waals surface area contributed by atoms with E-state index >= 15 is 0 Å². The minimum absolute atomic E-state index is 0.0163. The van der Waals surface area contributed by atoms with Crippen LogP contribution in [0.15, 0.2) is 34.2 Å². The number of hydrogen-bond acceptors (Lipinski definition) is 6. The van der Waals surface area contributed by atoms with E-state index in [2.05, 4.69) is 27.5 Å². The molecule has 0 unspecified atom stereocenters. The van der Waals surface area contributed by atoms with Crippen LogP contribution in [-0.2, 0) is 11.2 Å². The molecule has 0 radical (unpaired) electrons. The Labute approximate surface area is 186 Å². The second-order valence-electron chi connectivity index (χ2n) is 8.18. The van der Waals surface area contributed by atoms with Crippen LogP contribution in [0.5, 0.6) is 11.5 Å². The summed E-state index contributed by atoms with van der Waals surface area (Å²) >= 11 is 0. The van der Waals surface area contributed by atoms with Gasteiger partial charge >= 0.3 is 5.69 Å². The van der Waals surface area contributed by atoms with Crippen molar-refractivity contribution in [1.29, 1.82) is 0 Å². The topological polar surface area (TPSA) is 150 Å². The Morgan fingerprint density at radius 3 is 2.78 bits per heavy atom. The zero-order valence-corrected chi connectivity index (χ0v) is 18.1. The van der Waals surface area contributed by atoms with Gasteiger partial charge in [-0.3, -0.25) is 14.4 Å². The largest absolute Gasteiger partial charge is 0.450 e. The van der Waals surface area contributed by atoms with Gasteiger partial charge in [0.2, 0.25) is 5.91 Å². The molecule has 1 amide bonds. The lowest BCUT2D eigenvalue weighted by Crippen LogP contribution is -2.39. The van der Waals surface area contributed by atoms with Gasteiger partial charge in [-0.1, -0.05) is 13.0 Å². The quantitative estimate of drug-likeness (QED) is 0.338. The number of rotatable bonds is 6. The standard InChI is InChI=1S/C22H29N7O3/c1-2-13-3-8-17-16(11-13)27-20-18(32-17)12-29(22(31)28-20)15-6-4-14(5-7-15)26-19(30)9-10-25-21(23)24/h3,8,11-12,14-15H,2,4-7,9-10H2,1H3,(H,26,30)(H4,23,24,25)(H,27,28,31). The Bertz CT molecular complexity index is 1080. The second kappa shape index (κ2) is 9.29. The summed E-state index contributed by atoms with van der Waals surface area (Å²) < 4.78 is 7.68. The Kier molecular flexibility index (Phi) is 6.29. The van der Waals surface area contributed by atoms with Crippen molar-refractivity contribution in [3.63, 3.8) is 0 Å². The highest BCUT2D eigenvalue weighted by Gasteiger charge is 2.27. The average molecular weight is 440 g/mol. The summed E-state index contributed by atoms with van der Waals surface area (Å²) in [6.07, 6.45) is 6.00. The number of ether oxygens (including phenoxy) is 1. The summed E-state index contributed by atoms with van der Waals surface area (Å²) in [5.74, 6) is 1.60. The fourth-order valence-corrected chi connectivity index (χ4v) is 4.19. The van der Waals surface area contributed by atoms with Gasteiger partial charge in [-0.05, 0) is 49.8 Å². The fraction of sp³-hybridized carbons (Fsp3) is 0.455. The van der Waals surface area contributed by atoms with Crippen LogP contribution in [-0.4, -0.2) is 34.0 Å². The predicted molar refractivity (Wildman–Crippen MR) is 122 cm³/mol. The van der Waals surface area contributed by atoms with Gasteiger partial charge in [-0.2, -0.15) is 4.98 Å². The third-order valence-corrected chi connectivity index (χ3v) is 5.93. The van der Waals surface area contributed by atoms with Crippen molar-refractivity contribution < 1.29 is 9.53 Å². The molecule has 170 valence electrons. The molecule has 1 aliphatic heterocycles. The van der Waals surface area contributed by atoms with Gasteiger partial charge in [-0.15, -0.1) is 0 Å². The van der Waals surface area contributed by atoms with Crippen molar-refractivity contribution in [2.24, 2.45) is 16.5 Å². The number of nitrogens with zero attached hydrogens (tertiary/aromatic N) is 3. The van der Waals surface area contributed by atoms with Gasteiger partial charge in [0.15, 0.2) is 23.3 Å². The number of fused-ring (bicyclic) bond motifs is 2. The van der Waals surface area contributed by atoms with Crippen molar-refractivity contribution in [3.8, 4) is 11.5 Å². The summed E-state index contributed by atoms with van der Waals surface area (Å²) in [5, 5.41) is 6.24. The number of nitrogens with two attached hydrogens (primary N) is 2. The Morgan fingerprint density at radius 1 is 1.28 bits per heavy atom. The molecule has 1 fully saturated rings. The number of aliphatic imine (C=N–C) groups is 1. The molecule has 1 saturated carbocycles. The lowest BCUT2D eigenvalue weighted by atomic mass is 9.91. The molecule has 0 atom stereocenters. The molecule has 0 spiro atoms. The Hall–Kier alpha value is -3.56. The van der Waals surface area contributed by atoms with Crippen LogP contribution in [0.25, 0.3) is 0 Å². The van der Waals surface area contributed by atoms with E-state index in [0.717, 1.165) is 37.8 Å². The third-order valence-electron chi connectivity index (χ3n) is 5.93. The van der Waals surface area contributed by atoms with Gasteiger partial charge in [0.05, 0.1) is 18.4 Å². The lowest BCUT2D eigenvalue weighted by Gasteiger charge is -2.31. The van der Waals surface area contributed by atoms with Crippen LogP contribution >= 0.6 is 0 Å². The SMILES string of the molecule is CCc1ccc2c(c1)Nc1nc(=O)n(C3CCC(NC(=O)CCN=C(N)N)CC3)cc1O2. The molecule has 1 aromatic carbocycles. The van der Waals surface area contributed by atoms with E-state index in [4.69, 9.17) is 16.2 Å². The predicted octanol–water partition coefficient (Wildman–Crippen LogP) is 1.92. The first kappa shape index (κ1) is 21.7. The van der Waals surface area contributed by atoms with Crippen molar-refractivity contribution in [3.05, 3.63) is 40.4 Å². The number of guanidine groups is 1. The van der Waals surface area contributed by atoms with E-state index in [1.54, 1.807) is 10.8 Å². The van der Waals surface area contributed by atoms with Crippen LogP contribution in [0.4, 0.5) is 11.5 Å². The smallest absolute Gasteiger partial charge is 0.350 e. The number of anilines is 2. The molecule has 32 heavy (non-hydrogen) atoms. The zero-order valence-electron chi connectivity index (χ0n) is 18.1. The summed E-state index contributed by atoms with van der Waals surface area (Å²) in [6.45, 7) is 2.36. The van der Waals surface area contributed by atoms with E-state index in [1.807, 2.05) is 18.2 Å². The molecule has 10 heteroatoms. The minimum Gasteiger partial charge on any atom is -0.450 e. The zero-order chi connectivity index (χ0) is 22.7. The number of aryl methyl sites for hydroxylation is 1. The highest BCUT2D eigenvalue weighted by atomic mass is 16.5. The molecular weight excluding hydrogens is 410 g/mol. The maximum Gasteiger partial charge on any atom is 0.350 e. The fourth-order valence-electron chi connectivity index (χ4n) is 4.19. The Balaban J connectivity index is 1.38. The van der Waals surface area contributed by atoms with Gasteiger partial charge in [0.1, 0.15) is 0 Å². The van der Waals surface area contributed by atoms with Gasteiger partial charge in [0.25, 0.3) is 0 Å². The summed E-state index contributed by atoms with van der Waals surface area (Å²) in [4.78, 5) is 32.8. The Morgan fingerprint density at radius 2 is 2.06 bits per heavy atom. The normalized spacial score (nSPS) is 19.0. The van der Waals surface area contributed by atoms with E-state index in [9.17, 15) is 9.59 Å². The second-order valence-corrected chi connectivity index (χ2v) is 8.18. The van der Waals surface area contributed by atoms with Gasteiger partial charge < -0.3 is 26.8 Å². The van der Waals surface area contributed by atoms with Crippen LogP contribution < -0.4 is 32.5 Å². The van der Waals surface area contributed by atoms with Gasteiger partial charge in [0, 0.05) is 18.5 Å². The first-order valence-corrected chi connectivity index (χ1v) is 11.0. The molecule has 2 aliphatic rings. The highest BCUT2D eigenvalue weighted by Crippen LogP contribution is 2.41. The third kappa shape index (κ3) is 4.84. The maximum atomic E-state index is 12.7. The monoisotopic (exact) mass is 439 g/mol. The number of hydrogen-bond donors (Lipinski definition) is 4. The van der Waals surface area contributed by atoms with Crippen molar-refractivity contribution in [1.82, 2.24) is 14.9 Å². The molecule has 2 heterocycles. The molecule has 2 aromatic rings. The number of benzene rings is 1. The van der Waals surface area contributed by atoms with Crippen LogP contribution in [0.2, 0.25) is 0 Å². The molecule has 0 bridgehead atoms. The van der Waals surface area contributed by atoms with Crippen LogP contribution in [0, 0.1) is 0 Å². The first-order chi connectivity index (χ1) is 15.4. The van der Waals surface area contributed by atoms with Gasteiger partial charge in [-0.25, -0.2) is 4.79 Å². The number of nitrogens with one attached hydrogen (secondary N) is 2. The van der Waals surface area contributed by atoms with Crippen LogP contribution in [0.1, 0.15) is 50.6 Å². The van der Waals surface area contributed by atoms with E-state index < -0.39 is 0 Å². The number of aromatic nitrogens is 2. The number of carbonyl (C=O) groups is 1. The average Bonchev–Trinajstić information content (AvgIpc) is 2.77. The highest BCUT2D eigenvalue weighted by molar-refractivity contribution is 5.78. The number of carbonyl (C=O) groups excluding carboxylic acids is 1. The molecule has 10 nitrogen and oxygen atoms in total. The maximum absolute atomic E-state index is 12.7. The molecule has 0 saturated heterocycles. The molecular formula is C22H29N7O3. The van der Waals surface area contributed by atoms with Crippen LogP contribution in [0.3, 0.4) is 0 Å². The van der Waals surface area contributed by atoms with E-state index in [-0.39, 0.29) is 42.6 Å². The summed E-state index contributed by atoms with van der Waals surface area (Å²) in [7, 11) is 0. The number of amides is 1. The molecule has 1 aliphatic carbocycles. The van der Waals surface area contributed by atoms with Crippen molar-refractivity contribution in [2.45, 2.75) is 57.5 Å². The molecule has 4 rings (SSSR count). The summed E-state index contributed by atoms with van der Waals surface area (Å²) in [5.41, 5.74) is 12.2. The molecule has 6 N–H and O–H groups in total.